The quantitative estimate of drug-likeness (QED) is 0.627. The van der Waals surface area contributed by atoms with Gasteiger partial charge in [-0.15, -0.1) is 0 Å². The predicted molar refractivity (Wildman–Crippen MR) is 68.4 cm³/mol. The fraction of sp³-hybridized carbons (Fsp3) is 0.231. The molecule has 1 rings (SSSR count). The largest absolute Gasteiger partial charge is 0.326 e. The summed E-state index contributed by atoms with van der Waals surface area (Å²) in [6.45, 7) is 4.00. The first-order valence-corrected chi connectivity index (χ1v) is 5.28. The summed E-state index contributed by atoms with van der Waals surface area (Å²) in [4.78, 5) is 21.1. The number of carbonyl (C=O) groups is 2. The number of aldehydes is 1. The SMILES string of the molecule is CC.O=C/C=C/CC(=O)Nc1ccccc1.[HH]. The molecule has 0 radical (unpaired) electrons. The van der Waals surface area contributed by atoms with Gasteiger partial charge in [0.1, 0.15) is 6.29 Å². The van der Waals surface area contributed by atoms with Crippen LogP contribution in [0.25, 0.3) is 0 Å². The van der Waals surface area contributed by atoms with Crippen LogP contribution in [0.1, 0.15) is 21.7 Å². The van der Waals surface area contributed by atoms with Gasteiger partial charge in [-0.05, 0) is 18.2 Å². The smallest absolute Gasteiger partial charge is 0.228 e. The summed E-state index contributed by atoms with van der Waals surface area (Å²) in [5.74, 6) is -0.130. The third-order valence-electron chi connectivity index (χ3n) is 1.58. The van der Waals surface area contributed by atoms with Crippen LogP contribution < -0.4 is 5.32 Å². The lowest BCUT2D eigenvalue weighted by Gasteiger charge is -2.01. The Labute approximate surface area is 97.7 Å². The number of benzene rings is 1. The highest BCUT2D eigenvalue weighted by Crippen LogP contribution is 2.05. The molecule has 1 aromatic carbocycles. The standard InChI is InChI=1S/C11H11NO2.C2H6.H2/c13-9-5-4-8-11(14)12-10-6-2-1-3-7-10;1-2;/h1-7,9H,8H2,(H,12,14);1-2H3;1H/b5-4+;;. The zero-order valence-corrected chi connectivity index (χ0v) is 9.64. The van der Waals surface area contributed by atoms with E-state index in [9.17, 15) is 9.59 Å². The molecule has 0 unspecified atom stereocenters. The summed E-state index contributed by atoms with van der Waals surface area (Å²) in [5.41, 5.74) is 0.761. The zero-order valence-electron chi connectivity index (χ0n) is 9.64. The van der Waals surface area contributed by atoms with Crippen LogP contribution in [-0.4, -0.2) is 12.2 Å². The minimum atomic E-state index is -0.130. The van der Waals surface area contributed by atoms with Gasteiger partial charge in [0.25, 0.3) is 0 Å². The van der Waals surface area contributed by atoms with Crippen LogP contribution in [0.3, 0.4) is 0 Å². The summed E-state index contributed by atoms with van der Waals surface area (Å²) in [6.07, 6.45) is 3.69. The normalized spacial score (nSPS) is 9.12. The number of amides is 1. The van der Waals surface area contributed by atoms with Crippen LogP contribution in [-0.2, 0) is 9.59 Å². The fourth-order valence-electron chi connectivity index (χ4n) is 0.964. The van der Waals surface area contributed by atoms with E-state index in [0.29, 0.717) is 6.29 Å². The highest BCUT2D eigenvalue weighted by molar-refractivity contribution is 5.91. The van der Waals surface area contributed by atoms with Crippen LogP contribution in [0.15, 0.2) is 42.5 Å². The van der Waals surface area contributed by atoms with Gasteiger partial charge in [-0.2, -0.15) is 0 Å². The topological polar surface area (TPSA) is 46.2 Å². The molecule has 88 valence electrons. The number of hydrogen-bond donors (Lipinski definition) is 1. The third-order valence-corrected chi connectivity index (χ3v) is 1.58. The highest BCUT2D eigenvalue weighted by Gasteiger charge is 1.97. The number of allylic oxidation sites excluding steroid dienone is 1. The number of hydrogen-bond acceptors (Lipinski definition) is 2. The van der Waals surface area contributed by atoms with Crippen molar-refractivity contribution in [2.24, 2.45) is 0 Å². The van der Waals surface area contributed by atoms with Crippen molar-refractivity contribution in [2.45, 2.75) is 20.3 Å². The Balaban J connectivity index is 0. The number of para-hydroxylation sites is 1. The molecule has 3 heteroatoms. The number of carbonyl (C=O) groups excluding carboxylic acids is 2. The molecule has 0 heterocycles. The lowest BCUT2D eigenvalue weighted by molar-refractivity contribution is -0.115. The monoisotopic (exact) mass is 221 g/mol. The molecule has 0 saturated heterocycles. The first-order valence-electron chi connectivity index (χ1n) is 5.28. The predicted octanol–water partition coefficient (Wildman–Crippen LogP) is 3.04. The van der Waals surface area contributed by atoms with Crippen LogP contribution in [0, 0.1) is 0 Å². The molecule has 0 aliphatic heterocycles. The second kappa shape index (κ2) is 9.65. The van der Waals surface area contributed by atoms with E-state index in [1.807, 2.05) is 32.0 Å². The zero-order chi connectivity index (χ0) is 12.2. The van der Waals surface area contributed by atoms with Crippen LogP contribution in [0.4, 0.5) is 5.69 Å². The molecular weight excluding hydrogens is 202 g/mol. The van der Waals surface area contributed by atoms with E-state index in [-0.39, 0.29) is 13.8 Å². The molecule has 0 bridgehead atoms. The van der Waals surface area contributed by atoms with E-state index in [4.69, 9.17) is 0 Å². The summed E-state index contributed by atoms with van der Waals surface area (Å²) >= 11 is 0. The number of rotatable bonds is 4. The van der Waals surface area contributed by atoms with Crippen molar-refractivity contribution >= 4 is 17.9 Å². The maximum atomic E-state index is 11.2. The van der Waals surface area contributed by atoms with Crippen LogP contribution >= 0.6 is 0 Å². The Kier molecular flexibility index (Phi) is 8.50. The Morgan fingerprint density at radius 1 is 1.31 bits per heavy atom. The molecule has 0 aromatic heterocycles. The van der Waals surface area contributed by atoms with Gasteiger partial charge in [-0.25, -0.2) is 0 Å². The molecule has 0 aliphatic rings. The van der Waals surface area contributed by atoms with E-state index in [0.717, 1.165) is 5.69 Å². The van der Waals surface area contributed by atoms with Crippen molar-refractivity contribution in [3.05, 3.63) is 42.5 Å². The lowest BCUT2D eigenvalue weighted by atomic mass is 10.3. The van der Waals surface area contributed by atoms with Crippen molar-refractivity contribution < 1.29 is 11.0 Å². The van der Waals surface area contributed by atoms with Crippen LogP contribution in [0.2, 0.25) is 0 Å². The van der Waals surface area contributed by atoms with Gasteiger partial charge >= 0.3 is 0 Å². The van der Waals surface area contributed by atoms with Crippen LogP contribution in [0.5, 0.6) is 0 Å². The van der Waals surface area contributed by atoms with E-state index >= 15 is 0 Å². The Hall–Kier alpha value is -1.90. The van der Waals surface area contributed by atoms with Crippen molar-refractivity contribution in [3.63, 3.8) is 0 Å². The molecule has 0 saturated carbocycles. The minimum Gasteiger partial charge on any atom is -0.326 e. The van der Waals surface area contributed by atoms with Gasteiger partial charge in [-0.1, -0.05) is 38.1 Å². The van der Waals surface area contributed by atoms with E-state index in [1.54, 1.807) is 12.1 Å². The van der Waals surface area contributed by atoms with Crippen molar-refractivity contribution in [2.75, 3.05) is 5.32 Å². The van der Waals surface area contributed by atoms with Gasteiger partial charge in [0.05, 0.1) is 0 Å². The molecule has 1 aromatic rings. The van der Waals surface area contributed by atoms with Gasteiger partial charge in [0, 0.05) is 13.5 Å². The Bertz CT molecular complexity index is 337. The first-order chi connectivity index (χ1) is 7.83. The molecular formula is C13H19NO2. The highest BCUT2D eigenvalue weighted by atomic mass is 16.1. The molecule has 1 N–H and O–H groups in total. The van der Waals surface area contributed by atoms with Crippen molar-refractivity contribution in [3.8, 4) is 0 Å². The summed E-state index contributed by atoms with van der Waals surface area (Å²) in [7, 11) is 0. The average Bonchev–Trinajstić information content (AvgIpc) is 2.33. The average molecular weight is 221 g/mol. The van der Waals surface area contributed by atoms with Gasteiger partial charge in [0.2, 0.25) is 5.91 Å². The molecule has 1 amide bonds. The summed E-state index contributed by atoms with van der Waals surface area (Å²) in [6, 6.07) is 9.18. The summed E-state index contributed by atoms with van der Waals surface area (Å²) in [5, 5.41) is 2.69. The minimum absolute atomic E-state index is 0. The second-order valence-electron chi connectivity index (χ2n) is 2.68. The molecule has 0 aliphatic carbocycles. The van der Waals surface area contributed by atoms with E-state index in [2.05, 4.69) is 5.32 Å². The second-order valence-corrected chi connectivity index (χ2v) is 2.68. The van der Waals surface area contributed by atoms with Crippen molar-refractivity contribution in [1.29, 1.82) is 0 Å². The van der Waals surface area contributed by atoms with Gasteiger partial charge < -0.3 is 5.32 Å². The summed E-state index contributed by atoms with van der Waals surface area (Å²) < 4.78 is 0. The maximum absolute atomic E-state index is 11.2. The van der Waals surface area contributed by atoms with E-state index < -0.39 is 0 Å². The maximum Gasteiger partial charge on any atom is 0.228 e. The molecule has 3 nitrogen and oxygen atoms in total. The van der Waals surface area contributed by atoms with Gasteiger partial charge in [-0.3, -0.25) is 9.59 Å². The lowest BCUT2D eigenvalue weighted by Crippen LogP contribution is -2.09. The van der Waals surface area contributed by atoms with E-state index in [1.165, 1.54) is 12.2 Å². The Morgan fingerprint density at radius 3 is 2.50 bits per heavy atom. The first kappa shape index (κ1) is 14.1. The third kappa shape index (κ3) is 6.54. The molecule has 0 spiro atoms. The Morgan fingerprint density at radius 2 is 1.94 bits per heavy atom. The molecule has 0 atom stereocenters. The molecule has 0 fully saturated rings. The van der Waals surface area contributed by atoms with Gasteiger partial charge in [0.15, 0.2) is 0 Å². The number of nitrogens with one attached hydrogen (secondary N) is 1. The van der Waals surface area contributed by atoms with Crippen molar-refractivity contribution in [1.82, 2.24) is 0 Å². The molecule has 16 heavy (non-hydrogen) atoms. The number of anilines is 1. The fourth-order valence-corrected chi connectivity index (χ4v) is 0.964.